The highest BCUT2D eigenvalue weighted by Gasteiger charge is 2.31. The molecule has 1 saturated heterocycles. The summed E-state index contributed by atoms with van der Waals surface area (Å²) in [5.41, 5.74) is 1.05. The van der Waals surface area contributed by atoms with Crippen LogP contribution in [0.25, 0.3) is 0 Å². The second-order valence-electron chi connectivity index (χ2n) is 7.14. The highest BCUT2D eigenvalue weighted by molar-refractivity contribution is 6.04. The smallest absolute Gasteiger partial charge is 0.417 e. The third kappa shape index (κ3) is 4.73. The van der Waals surface area contributed by atoms with Crippen LogP contribution in [-0.2, 0) is 6.18 Å². The second kappa shape index (κ2) is 8.21. The third-order valence-electron chi connectivity index (χ3n) is 4.83. The van der Waals surface area contributed by atoms with Crippen molar-refractivity contribution in [2.75, 3.05) is 23.3 Å². The molecule has 1 aliphatic rings. The quantitative estimate of drug-likeness (QED) is 0.666. The Kier molecular flexibility index (Phi) is 5.45. The van der Waals surface area contributed by atoms with Crippen LogP contribution in [0.2, 0.25) is 0 Å². The standard InChI is InChI=1S/C21H18F3N5O2/c1-13-2-3-14(20(30)28-16-5-15(6-25-7-16)21(22,23)24)4-19(13)31-18-10-29(11-18)17-8-26-12-27-9-17/h2-9,12,18H,10-11H2,1H3,(H,28,30). The summed E-state index contributed by atoms with van der Waals surface area (Å²) in [5, 5.41) is 2.45. The Labute approximate surface area is 175 Å². The third-order valence-corrected chi connectivity index (χ3v) is 4.83. The van der Waals surface area contributed by atoms with Gasteiger partial charge in [-0.15, -0.1) is 0 Å². The number of halogens is 3. The number of pyridine rings is 1. The molecule has 0 spiro atoms. The Bertz CT molecular complexity index is 1090. The van der Waals surface area contributed by atoms with Crippen LogP contribution in [0.3, 0.4) is 0 Å². The van der Waals surface area contributed by atoms with E-state index >= 15 is 0 Å². The van der Waals surface area contributed by atoms with Crippen molar-refractivity contribution in [3.63, 3.8) is 0 Å². The van der Waals surface area contributed by atoms with Crippen molar-refractivity contribution in [2.24, 2.45) is 0 Å². The molecular formula is C21H18F3N5O2. The Morgan fingerprint density at radius 3 is 2.55 bits per heavy atom. The molecule has 1 N–H and O–H groups in total. The largest absolute Gasteiger partial charge is 0.486 e. The zero-order valence-electron chi connectivity index (χ0n) is 16.4. The van der Waals surface area contributed by atoms with Crippen molar-refractivity contribution in [1.82, 2.24) is 15.0 Å². The molecule has 7 nitrogen and oxygen atoms in total. The normalized spacial score (nSPS) is 14.1. The number of aryl methyl sites for hydroxylation is 1. The average molecular weight is 429 g/mol. The van der Waals surface area contributed by atoms with Gasteiger partial charge in [0.25, 0.3) is 5.91 Å². The van der Waals surface area contributed by atoms with Crippen molar-refractivity contribution in [1.29, 1.82) is 0 Å². The van der Waals surface area contributed by atoms with Gasteiger partial charge in [0.05, 0.1) is 48.6 Å². The Hall–Kier alpha value is -3.69. The molecule has 2 aromatic heterocycles. The lowest BCUT2D eigenvalue weighted by Gasteiger charge is -2.40. The molecule has 1 aromatic carbocycles. The maximum absolute atomic E-state index is 12.8. The van der Waals surface area contributed by atoms with Crippen molar-refractivity contribution in [3.05, 3.63) is 72.1 Å². The lowest BCUT2D eigenvalue weighted by atomic mass is 10.1. The summed E-state index contributed by atoms with van der Waals surface area (Å²) in [7, 11) is 0. The number of amides is 1. The van der Waals surface area contributed by atoms with Crippen LogP contribution in [-0.4, -0.2) is 40.1 Å². The minimum absolute atomic E-state index is 0.0393. The summed E-state index contributed by atoms with van der Waals surface area (Å²) in [6.45, 7) is 3.16. The van der Waals surface area contributed by atoms with E-state index in [0.717, 1.165) is 23.5 Å². The van der Waals surface area contributed by atoms with Crippen LogP contribution in [0, 0.1) is 6.92 Å². The molecule has 10 heteroatoms. The van der Waals surface area contributed by atoms with Gasteiger partial charge in [-0.2, -0.15) is 13.2 Å². The fourth-order valence-electron chi connectivity index (χ4n) is 3.09. The highest BCUT2D eigenvalue weighted by Crippen LogP contribution is 2.30. The first kappa shape index (κ1) is 20.6. The monoisotopic (exact) mass is 429 g/mol. The SMILES string of the molecule is Cc1ccc(C(=O)Nc2cncc(C(F)(F)F)c2)cc1OC1CN(c2cncnc2)C1. The van der Waals surface area contributed by atoms with Crippen LogP contribution >= 0.6 is 0 Å². The molecular weight excluding hydrogens is 411 g/mol. The molecule has 0 unspecified atom stereocenters. The highest BCUT2D eigenvalue weighted by atomic mass is 19.4. The van der Waals surface area contributed by atoms with Gasteiger partial charge in [0.2, 0.25) is 0 Å². The molecule has 3 aromatic rings. The number of hydrogen-bond donors (Lipinski definition) is 1. The van der Waals surface area contributed by atoms with Crippen molar-refractivity contribution < 1.29 is 22.7 Å². The number of nitrogens with zero attached hydrogens (tertiary/aromatic N) is 4. The molecule has 31 heavy (non-hydrogen) atoms. The van der Waals surface area contributed by atoms with Gasteiger partial charge in [0, 0.05) is 11.8 Å². The van der Waals surface area contributed by atoms with Gasteiger partial charge in [-0.3, -0.25) is 9.78 Å². The zero-order chi connectivity index (χ0) is 22.0. The van der Waals surface area contributed by atoms with Gasteiger partial charge in [-0.25, -0.2) is 9.97 Å². The number of aromatic nitrogens is 3. The number of carbonyl (C=O) groups excluding carboxylic acids is 1. The molecule has 0 atom stereocenters. The van der Waals surface area contributed by atoms with Crippen molar-refractivity contribution >= 4 is 17.3 Å². The number of alkyl halides is 3. The Morgan fingerprint density at radius 2 is 1.84 bits per heavy atom. The molecule has 0 aliphatic carbocycles. The molecule has 0 saturated carbocycles. The van der Waals surface area contributed by atoms with E-state index in [1.807, 2.05) is 6.92 Å². The fourth-order valence-corrected chi connectivity index (χ4v) is 3.09. The van der Waals surface area contributed by atoms with Gasteiger partial charge in [0.1, 0.15) is 18.2 Å². The summed E-state index contributed by atoms with van der Waals surface area (Å²) >= 11 is 0. The predicted octanol–water partition coefficient (Wildman–Crippen LogP) is 3.72. The Morgan fingerprint density at radius 1 is 1.10 bits per heavy atom. The van der Waals surface area contributed by atoms with Gasteiger partial charge in [-0.1, -0.05) is 6.07 Å². The first-order valence-electron chi connectivity index (χ1n) is 9.40. The van der Waals surface area contributed by atoms with Gasteiger partial charge < -0.3 is 15.0 Å². The Balaban J connectivity index is 1.41. The molecule has 4 rings (SSSR count). The number of benzene rings is 1. The number of rotatable bonds is 5. The van der Waals surface area contributed by atoms with Crippen molar-refractivity contribution in [3.8, 4) is 5.75 Å². The van der Waals surface area contributed by atoms with Gasteiger partial charge >= 0.3 is 6.18 Å². The first-order valence-corrected chi connectivity index (χ1v) is 9.40. The second-order valence-corrected chi connectivity index (χ2v) is 7.14. The van der Waals surface area contributed by atoms with Crippen LogP contribution in [0.1, 0.15) is 21.5 Å². The van der Waals surface area contributed by atoms with Crippen molar-refractivity contribution in [2.45, 2.75) is 19.2 Å². The summed E-state index contributed by atoms with van der Waals surface area (Å²) in [6.07, 6.45) is 2.17. The lowest BCUT2D eigenvalue weighted by Crippen LogP contribution is -2.54. The summed E-state index contributed by atoms with van der Waals surface area (Å²) in [4.78, 5) is 26.1. The summed E-state index contributed by atoms with van der Waals surface area (Å²) in [5.74, 6) is -0.00794. The van der Waals surface area contributed by atoms with Crippen LogP contribution in [0.4, 0.5) is 24.5 Å². The molecule has 0 bridgehead atoms. The minimum Gasteiger partial charge on any atom is -0.486 e. The first-order chi connectivity index (χ1) is 14.8. The van der Waals surface area contributed by atoms with E-state index in [0.29, 0.717) is 25.0 Å². The maximum atomic E-state index is 12.8. The molecule has 0 radical (unpaired) electrons. The van der Waals surface area contributed by atoms with E-state index in [-0.39, 0.29) is 17.4 Å². The molecule has 3 heterocycles. The molecule has 1 fully saturated rings. The van der Waals surface area contributed by atoms with E-state index in [4.69, 9.17) is 4.74 Å². The zero-order valence-corrected chi connectivity index (χ0v) is 16.4. The summed E-state index contributed by atoms with van der Waals surface area (Å²) in [6, 6.07) is 5.75. The number of anilines is 2. The van der Waals surface area contributed by atoms with E-state index in [9.17, 15) is 18.0 Å². The molecule has 160 valence electrons. The number of ether oxygens (including phenoxy) is 1. The minimum atomic E-state index is -4.54. The molecule has 1 aliphatic heterocycles. The average Bonchev–Trinajstić information content (AvgIpc) is 2.71. The maximum Gasteiger partial charge on any atom is 0.417 e. The number of nitrogens with one attached hydrogen (secondary N) is 1. The predicted molar refractivity (Wildman–Crippen MR) is 107 cm³/mol. The number of hydrogen-bond acceptors (Lipinski definition) is 6. The van der Waals surface area contributed by atoms with Crippen LogP contribution in [0.15, 0.2) is 55.4 Å². The molecule has 1 amide bonds. The number of carbonyl (C=O) groups is 1. The van der Waals surface area contributed by atoms with Crippen LogP contribution in [0.5, 0.6) is 5.75 Å². The van der Waals surface area contributed by atoms with Crippen LogP contribution < -0.4 is 15.0 Å². The van der Waals surface area contributed by atoms with Gasteiger partial charge in [-0.05, 0) is 30.7 Å². The topological polar surface area (TPSA) is 80.2 Å². The lowest BCUT2D eigenvalue weighted by molar-refractivity contribution is -0.137. The summed E-state index contributed by atoms with van der Waals surface area (Å²) < 4.78 is 44.5. The van der Waals surface area contributed by atoms with Gasteiger partial charge in [0.15, 0.2) is 0 Å². The van der Waals surface area contributed by atoms with E-state index in [1.165, 1.54) is 6.33 Å². The van der Waals surface area contributed by atoms with E-state index in [1.54, 1.807) is 30.6 Å². The fraction of sp³-hybridized carbons (Fsp3) is 0.238. The van der Waals surface area contributed by atoms with E-state index < -0.39 is 17.6 Å². The van der Waals surface area contributed by atoms with E-state index in [2.05, 4.69) is 25.2 Å².